The number of urea groups is 2. The summed E-state index contributed by atoms with van der Waals surface area (Å²) in [6, 6.07) is 8.65. The Hall–Kier alpha value is -2.28. The van der Waals surface area contributed by atoms with Crippen LogP contribution in [0.2, 0.25) is 0 Å². The van der Waals surface area contributed by atoms with Gasteiger partial charge in [-0.1, -0.05) is 12.1 Å². The number of rotatable bonds is 6. The highest BCUT2D eigenvalue weighted by Gasteiger charge is 2.32. The molecule has 4 rings (SSSR count). The van der Waals surface area contributed by atoms with E-state index in [9.17, 15) is 9.59 Å². The third-order valence-corrected chi connectivity index (χ3v) is 5.86. The highest BCUT2D eigenvalue weighted by Crippen LogP contribution is 2.29. The molecule has 1 aromatic rings. The number of hydrogen-bond donors (Lipinski definition) is 4. The Kier molecular flexibility index (Phi) is 5.71. The SMILES string of the molecule is CC(NC(=O)NC1CCN(C2CC2)CC1)c1ccc(NC(=O)NC2CC2)cc1. The summed E-state index contributed by atoms with van der Waals surface area (Å²) in [6.07, 6.45) is 6.88. The number of carbonyl (C=O) groups is 2. The Morgan fingerprint density at radius 2 is 1.50 bits per heavy atom. The van der Waals surface area contributed by atoms with Crippen molar-refractivity contribution in [2.75, 3.05) is 18.4 Å². The lowest BCUT2D eigenvalue weighted by atomic mass is 10.0. The first-order valence-corrected chi connectivity index (χ1v) is 10.6. The van der Waals surface area contributed by atoms with E-state index < -0.39 is 0 Å². The van der Waals surface area contributed by atoms with Crippen LogP contribution in [-0.4, -0.2) is 48.2 Å². The minimum absolute atomic E-state index is 0.0964. The third-order valence-electron chi connectivity index (χ3n) is 5.86. The topological polar surface area (TPSA) is 85.5 Å². The summed E-state index contributed by atoms with van der Waals surface area (Å²) in [5, 5.41) is 11.9. The van der Waals surface area contributed by atoms with Gasteiger partial charge in [0.05, 0.1) is 6.04 Å². The lowest BCUT2D eigenvalue weighted by molar-refractivity contribution is 0.185. The molecule has 7 heteroatoms. The Labute approximate surface area is 166 Å². The molecule has 1 aliphatic heterocycles. The average Bonchev–Trinajstić information content (AvgIpc) is 3.57. The van der Waals surface area contributed by atoms with Crippen molar-refractivity contribution in [1.29, 1.82) is 0 Å². The number of likely N-dealkylation sites (tertiary alicyclic amines) is 1. The van der Waals surface area contributed by atoms with E-state index in [1.54, 1.807) is 0 Å². The molecule has 4 amide bonds. The molecule has 152 valence electrons. The number of carbonyl (C=O) groups excluding carboxylic acids is 2. The summed E-state index contributed by atoms with van der Waals surface area (Å²) < 4.78 is 0. The summed E-state index contributed by atoms with van der Waals surface area (Å²) in [5.74, 6) is 0. The smallest absolute Gasteiger partial charge is 0.319 e. The maximum absolute atomic E-state index is 12.3. The highest BCUT2D eigenvalue weighted by atomic mass is 16.2. The zero-order valence-electron chi connectivity index (χ0n) is 16.5. The maximum Gasteiger partial charge on any atom is 0.319 e. The Morgan fingerprint density at radius 1 is 0.893 bits per heavy atom. The number of benzene rings is 1. The van der Waals surface area contributed by atoms with Crippen LogP contribution in [0.15, 0.2) is 24.3 Å². The number of nitrogens with zero attached hydrogens (tertiary/aromatic N) is 1. The Morgan fingerprint density at radius 3 is 2.11 bits per heavy atom. The summed E-state index contributed by atoms with van der Waals surface area (Å²) >= 11 is 0. The van der Waals surface area contributed by atoms with Crippen molar-refractivity contribution in [3.63, 3.8) is 0 Å². The predicted molar refractivity (Wildman–Crippen MR) is 109 cm³/mol. The number of hydrogen-bond acceptors (Lipinski definition) is 3. The van der Waals surface area contributed by atoms with Gasteiger partial charge in [0.15, 0.2) is 0 Å². The van der Waals surface area contributed by atoms with Crippen molar-refractivity contribution in [2.24, 2.45) is 0 Å². The Balaban J connectivity index is 1.19. The predicted octanol–water partition coefficient (Wildman–Crippen LogP) is 2.96. The van der Waals surface area contributed by atoms with Gasteiger partial charge in [0.25, 0.3) is 0 Å². The van der Waals surface area contributed by atoms with Crippen LogP contribution < -0.4 is 21.3 Å². The quantitative estimate of drug-likeness (QED) is 0.607. The molecule has 1 aromatic carbocycles. The molecule has 0 aromatic heterocycles. The molecular formula is C21H31N5O2. The normalized spacial score (nSPS) is 21.6. The fourth-order valence-electron chi connectivity index (χ4n) is 3.79. The van der Waals surface area contributed by atoms with Crippen LogP contribution in [0.1, 0.15) is 57.1 Å². The van der Waals surface area contributed by atoms with Gasteiger partial charge in [-0.15, -0.1) is 0 Å². The molecule has 4 N–H and O–H groups in total. The van der Waals surface area contributed by atoms with Crippen LogP contribution in [0, 0.1) is 0 Å². The van der Waals surface area contributed by atoms with Gasteiger partial charge < -0.3 is 26.2 Å². The van der Waals surface area contributed by atoms with E-state index in [4.69, 9.17) is 0 Å². The van der Waals surface area contributed by atoms with Crippen molar-refractivity contribution in [1.82, 2.24) is 20.9 Å². The van der Waals surface area contributed by atoms with Crippen molar-refractivity contribution in [3.8, 4) is 0 Å². The molecule has 2 aliphatic carbocycles. The van der Waals surface area contributed by atoms with Gasteiger partial charge in [0.2, 0.25) is 0 Å². The van der Waals surface area contributed by atoms with Crippen LogP contribution >= 0.6 is 0 Å². The first kappa shape index (κ1) is 19.1. The first-order chi connectivity index (χ1) is 13.6. The molecule has 1 atom stereocenters. The van der Waals surface area contributed by atoms with E-state index in [0.29, 0.717) is 6.04 Å². The molecule has 0 bridgehead atoms. The van der Waals surface area contributed by atoms with E-state index in [1.807, 2.05) is 31.2 Å². The third kappa shape index (κ3) is 5.38. The molecule has 0 radical (unpaired) electrons. The largest absolute Gasteiger partial charge is 0.335 e. The second-order valence-corrected chi connectivity index (χ2v) is 8.38. The van der Waals surface area contributed by atoms with E-state index in [0.717, 1.165) is 56.1 Å². The number of piperidine rings is 1. The van der Waals surface area contributed by atoms with E-state index in [2.05, 4.69) is 26.2 Å². The van der Waals surface area contributed by atoms with Crippen LogP contribution in [0.4, 0.5) is 15.3 Å². The lowest BCUT2D eigenvalue weighted by Crippen LogP contribution is -2.48. The molecule has 2 saturated carbocycles. The van der Waals surface area contributed by atoms with Crippen molar-refractivity contribution >= 4 is 17.7 Å². The second kappa shape index (κ2) is 8.39. The molecule has 7 nitrogen and oxygen atoms in total. The summed E-state index contributed by atoms with van der Waals surface area (Å²) in [4.78, 5) is 26.7. The monoisotopic (exact) mass is 385 g/mol. The standard InChI is InChI=1S/C21H31N5O2/c1-14(15-2-4-16(5-3-15)23-21(28)24-17-6-7-17)22-20(27)25-18-10-12-26(13-11-18)19-8-9-19/h2-5,14,17-19H,6-13H2,1H3,(H2,22,25,27)(H2,23,24,28). The zero-order valence-corrected chi connectivity index (χ0v) is 16.5. The molecule has 1 heterocycles. The highest BCUT2D eigenvalue weighted by molar-refractivity contribution is 5.89. The van der Waals surface area contributed by atoms with Crippen LogP contribution in [0.25, 0.3) is 0 Å². The molecule has 1 unspecified atom stereocenters. The van der Waals surface area contributed by atoms with E-state index in [1.165, 1.54) is 12.8 Å². The lowest BCUT2D eigenvalue weighted by Gasteiger charge is -2.32. The summed E-state index contributed by atoms with van der Waals surface area (Å²) in [5.41, 5.74) is 1.76. The first-order valence-electron chi connectivity index (χ1n) is 10.6. The van der Waals surface area contributed by atoms with Crippen molar-refractivity contribution < 1.29 is 9.59 Å². The maximum atomic E-state index is 12.3. The van der Waals surface area contributed by atoms with Crippen molar-refractivity contribution in [2.45, 2.75) is 69.6 Å². The Bertz CT molecular complexity index is 691. The summed E-state index contributed by atoms with van der Waals surface area (Å²) in [7, 11) is 0. The summed E-state index contributed by atoms with van der Waals surface area (Å²) in [6.45, 7) is 4.15. The van der Waals surface area contributed by atoms with Gasteiger partial charge in [-0.2, -0.15) is 0 Å². The van der Waals surface area contributed by atoms with E-state index >= 15 is 0 Å². The molecule has 1 saturated heterocycles. The number of anilines is 1. The fourth-order valence-corrected chi connectivity index (χ4v) is 3.79. The van der Waals surface area contributed by atoms with Crippen LogP contribution in [0.3, 0.4) is 0 Å². The second-order valence-electron chi connectivity index (χ2n) is 8.38. The average molecular weight is 386 g/mol. The van der Waals surface area contributed by atoms with Crippen LogP contribution in [0.5, 0.6) is 0 Å². The van der Waals surface area contributed by atoms with Crippen molar-refractivity contribution in [3.05, 3.63) is 29.8 Å². The van der Waals surface area contributed by atoms with Gasteiger partial charge in [0, 0.05) is 36.9 Å². The van der Waals surface area contributed by atoms with Gasteiger partial charge in [-0.25, -0.2) is 9.59 Å². The van der Waals surface area contributed by atoms with Gasteiger partial charge in [-0.3, -0.25) is 0 Å². The molecule has 0 spiro atoms. The number of amides is 4. The van der Waals surface area contributed by atoms with Gasteiger partial charge in [0.1, 0.15) is 0 Å². The zero-order chi connectivity index (χ0) is 19.5. The molecule has 3 fully saturated rings. The minimum Gasteiger partial charge on any atom is -0.335 e. The molecular weight excluding hydrogens is 354 g/mol. The number of nitrogens with one attached hydrogen (secondary N) is 4. The fraction of sp³-hybridized carbons (Fsp3) is 0.619. The van der Waals surface area contributed by atoms with Crippen LogP contribution in [-0.2, 0) is 0 Å². The molecule has 28 heavy (non-hydrogen) atoms. The van der Waals surface area contributed by atoms with Gasteiger partial charge >= 0.3 is 12.1 Å². The van der Waals surface area contributed by atoms with Gasteiger partial charge in [-0.05, 0) is 63.1 Å². The molecule has 3 aliphatic rings. The minimum atomic E-state index is -0.159. The van der Waals surface area contributed by atoms with E-state index in [-0.39, 0.29) is 24.1 Å².